The van der Waals surface area contributed by atoms with E-state index in [4.69, 9.17) is 0 Å². The summed E-state index contributed by atoms with van der Waals surface area (Å²) in [6, 6.07) is 20.0. The molecule has 16 heavy (non-hydrogen) atoms. The van der Waals surface area contributed by atoms with E-state index in [1.807, 2.05) is 80.9 Å². The van der Waals surface area contributed by atoms with Gasteiger partial charge in [-0.2, -0.15) is 50.2 Å². The Morgan fingerprint density at radius 2 is 1.00 bits per heavy atom. The molecule has 0 radical (unpaired) electrons. The molecule has 0 amide bonds. The smallest absolute Gasteiger partial charge is 0.533 e. The van der Waals surface area contributed by atoms with Crippen LogP contribution in [-0.4, -0.2) is 16.0 Å². The van der Waals surface area contributed by atoms with Crippen molar-refractivity contribution in [2.24, 2.45) is 0 Å². The first-order valence-corrected chi connectivity index (χ1v) is 5.71. The first-order chi connectivity index (χ1) is 7.41. The minimum absolute atomic E-state index is 0. The molecule has 2 aromatic rings. The molecule has 0 aliphatic heterocycles. The third kappa shape index (κ3) is 23.4. The van der Waals surface area contributed by atoms with Crippen LogP contribution in [0.3, 0.4) is 0 Å². The van der Waals surface area contributed by atoms with Gasteiger partial charge >= 0.3 is 21.7 Å². The molecule has 84 valence electrons. The van der Waals surface area contributed by atoms with Crippen molar-refractivity contribution in [3.05, 3.63) is 67.1 Å². The van der Waals surface area contributed by atoms with Crippen molar-refractivity contribution in [3.63, 3.8) is 0 Å². The largest absolute Gasteiger partial charge is 4.00 e. The molecule has 0 aromatic heterocycles. The van der Waals surface area contributed by atoms with Crippen LogP contribution in [0.1, 0.15) is 13.8 Å². The molecular formula is C14H20SiTi. The maximum Gasteiger partial charge on any atom is 4.00 e. The van der Waals surface area contributed by atoms with E-state index in [0.29, 0.717) is 0 Å². The van der Waals surface area contributed by atoms with Crippen molar-refractivity contribution in [2.45, 2.75) is 13.8 Å². The molecular weight excluding hydrogens is 244 g/mol. The van der Waals surface area contributed by atoms with Crippen molar-refractivity contribution in [1.82, 2.24) is 0 Å². The zero-order valence-corrected chi connectivity index (χ0v) is 13.1. The third-order valence-corrected chi connectivity index (χ3v) is 1.11. The van der Waals surface area contributed by atoms with Gasteiger partial charge in [-0.25, -0.2) is 34.1 Å². The summed E-state index contributed by atoms with van der Waals surface area (Å²) in [7, 11) is 1.36. The van der Waals surface area contributed by atoms with Crippen LogP contribution in [0, 0.1) is 6.42 Å². The first kappa shape index (κ1) is 20.9. The van der Waals surface area contributed by atoms with Gasteiger partial charge in [-0.15, -0.1) is 0 Å². The van der Waals surface area contributed by atoms with E-state index in [-0.39, 0.29) is 21.7 Å². The summed E-state index contributed by atoms with van der Waals surface area (Å²) in [4.78, 5) is 0. The van der Waals surface area contributed by atoms with Gasteiger partial charge in [0.15, 0.2) is 0 Å². The predicted molar refractivity (Wildman–Crippen MR) is 74.3 cm³/mol. The molecule has 0 N–H and O–H groups in total. The van der Waals surface area contributed by atoms with Gasteiger partial charge < -0.3 is 12.6 Å². The molecule has 2 heteroatoms. The molecule has 0 bridgehead atoms. The standard InChI is InChI=1S/2C5H5.C3H7.CH3Si.Ti/c2*1-2-4-5-3-1;1-3-2;1-2;/h2*1-5H;3H,1-2H3;1H,2H2;/q4*-1;+4. The van der Waals surface area contributed by atoms with Crippen molar-refractivity contribution in [1.29, 1.82) is 0 Å². The summed E-state index contributed by atoms with van der Waals surface area (Å²) in [6.45, 7) is 4.00. The van der Waals surface area contributed by atoms with Crippen LogP contribution in [-0.2, 0) is 21.7 Å². The van der Waals surface area contributed by atoms with Crippen molar-refractivity contribution < 1.29 is 21.7 Å². The molecule has 2 aromatic carbocycles. The molecule has 0 fully saturated rings. The molecule has 0 aliphatic carbocycles. The topological polar surface area (TPSA) is 0 Å². The van der Waals surface area contributed by atoms with E-state index in [1.54, 1.807) is 0 Å². The quantitative estimate of drug-likeness (QED) is 0.507. The summed E-state index contributed by atoms with van der Waals surface area (Å²) in [6.07, 6.45) is 6.53. The van der Waals surface area contributed by atoms with Crippen LogP contribution >= 0.6 is 0 Å². The molecule has 0 spiro atoms. The Bertz CT molecular complexity index is 175. The third-order valence-electron chi connectivity index (χ3n) is 1.11. The van der Waals surface area contributed by atoms with E-state index >= 15 is 0 Å². The Balaban J connectivity index is -0.000000147. The average Bonchev–Trinajstić information content (AvgIpc) is 3.01. The number of hydrogen-bond donors (Lipinski definition) is 0. The Morgan fingerprint density at radius 1 is 0.812 bits per heavy atom. The fourth-order valence-corrected chi connectivity index (χ4v) is 0.642. The van der Waals surface area contributed by atoms with Gasteiger partial charge in [0.25, 0.3) is 0 Å². The van der Waals surface area contributed by atoms with Crippen molar-refractivity contribution in [3.8, 4) is 0 Å². The Morgan fingerprint density at radius 3 is 1.06 bits per heavy atom. The predicted octanol–water partition coefficient (Wildman–Crippen LogP) is 2.97. The fourth-order valence-electron chi connectivity index (χ4n) is 0.642. The summed E-state index contributed by atoms with van der Waals surface area (Å²) in [5, 5.41) is 0. The van der Waals surface area contributed by atoms with Crippen LogP contribution in [0.5, 0.6) is 0 Å². The number of hydrogen-bond acceptors (Lipinski definition) is 0. The monoisotopic (exact) mass is 264 g/mol. The maximum atomic E-state index is 4.53. The van der Waals surface area contributed by atoms with Crippen LogP contribution < -0.4 is 0 Å². The van der Waals surface area contributed by atoms with Gasteiger partial charge in [-0.05, 0) is 0 Å². The average molecular weight is 264 g/mol. The summed E-state index contributed by atoms with van der Waals surface area (Å²) in [5.74, 6) is 0. The van der Waals surface area contributed by atoms with Gasteiger partial charge in [0.05, 0.1) is 0 Å². The van der Waals surface area contributed by atoms with Gasteiger partial charge in [0.2, 0.25) is 0 Å². The van der Waals surface area contributed by atoms with E-state index in [1.165, 1.54) is 9.85 Å². The van der Waals surface area contributed by atoms with E-state index in [2.05, 4.69) is 6.17 Å². The second kappa shape index (κ2) is 24.0. The maximum absolute atomic E-state index is 4.53. The normalized spacial score (nSPS) is 6.38. The number of rotatable bonds is 0. The molecule has 0 saturated heterocycles. The minimum Gasteiger partial charge on any atom is -0.533 e. The van der Waals surface area contributed by atoms with Crippen molar-refractivity contribution >= 4 is 16.0 Å². The molecule has 2 rings (SSSR count). The second-order valence-corrected chi connectivity index (χ2v) is 2.50. The zero-order chi connectivity index (χ0) is 11.8. The van der Waals surface area contributed by atoms with E-state index in [9.17, 15) is 0 Å². The van der Waals surface area contributed by atoms with Gasteiger partial charge in [-0.1, -0.05) is 0 Å². The van der Waals surface area contributed by atoms with Gasteiger partial charge in [-0.3, -0.25) is 0 Å². The summed E-state index contributed by atoms with van der Waals surface area (Å²) >= 11 is 0. The first-order valence-electron chi connectivity index (χ1n) is 4.90. The molecule has 0 heterocycles. The van der Waals surface area contributed by atoms with E-state index < -0.39 is 0 Å². The summed E-state index contributed by atoms with van der Waals surface area (Å²) in [5.41, 5.74) is 0. The van der Waals surface area contributed by atoms with Gasteiger partial charge in [0.1, 0.15) is 0 Å². The molecule has 0 nitrogen and oxygen atoms in total. The van der Waals surface area contributed by atoms with Crippen LogP contribution in [0.4, 0.5) is 0 Å². The Labute approximate surface area is 118 Å². The molecule has 0 saturated carbocycles. The Hall–Kier alpha value is -0.499. The molecule has 0 aliphatic rings. The van der Waals surface area contributed by atoms with Gasteiger partial charge in [0, 0.05) is 0 Å². The van der Waals surface area contributed by atoms with Crippen molar-refractivity contribution in [2.75, 3.05) is 0 Å². The fraction of sp³-hybridized carbons (Fsp3) is 0.143. The summed E-state index contributed by atoms with van der Waals surface area (Å²) < 4.78 is 0. The zero-order valence-electron chi connectivity index (χ0n) is 10.1. The minimum atomic E-state index is 0. The molecule has 0 unspecified atom stereocenters. The SMILES string of the molecule is C[CH-]C.[CH-]=[SiH2].[Ti+4].c1cc[cH-]c1.c1cc[cH-]c1. The van der Waals surface area contributed by atoms with Crippen LogP contribution in [0.2, 0.25) is 0 Å². The molecule has 0 atom stereocenters. The second-order valence-electron chi connectivity index (χ2n) is 2.50. The van der Waals surface area contributed by atoms with Crippen LogP contribution in [0.25, 0.3) is 0 Å². The van der Waals surface area contributed by atoms with E-state index in [0.717, 1.165) is 0 Å². The Kier molecular flexibility index (Phi) is 31.2. The van der Waals surface area contributed by atoms with Crippen LogP contribution in [0.15, 0.2) is 60.7 Å².